The highest BCUT2D eigenvalue weighted by molar-refractivity contribution is 7.99. The topological polar surface area (TPSA) is 77.5 Å². The second-order valence-electron chi connectivity index (χ2n) is 2.70. The maximum absolute atomic E-state index is 11.6. The van der Waals surface area contributed by atoms with Crippen molar-refractivity contribution in [3.63, 3.8) is 0 Å². The quantitative estimate of drug-likeness (QED) is 0.717. The van der Waals surface area contributed by atoms with E-state index in [1.165, 1.54) is 0 Å². The highest BCUT2D eigenvalue weighted by Crippen LogP contribution is 2.22. The van der Waals surface area contributed by atoms with Crippen molar-refractivity contribution in [2.75, 3.05) is 11.5 Å². The monoisotopic (exact) mass is 310 g/mol. The van der Waals surface area contributed by atoms with E-state index in [4.69, 9.17) is 0 Å². The Bertz CT molecular complexity index is 412. The van der Waals surface area contributed by atoms with Crippen LogP contribution in [0.4, 0.5) is 26.3 Å². The largest absolute Gasteiger partial charge is 0.405 e. The standard InChI is InChI=1S/C4H4F6O5S2/c5-3(6,7)1-16(11,12)15-17(13,14)2-4(8,9)10/h1-2H2. The Balaban J connectivity index is 4.86. The Kier molecular flexibility index (Phi) is 4.45. The molecule has 0 radical (unpaired) electrons. The maximum Gasteiger partial charge on any atom is 0.405 e. The number of hydrogen-bond acceptors (Lipinski definition) is 5. The summed E-state index contributed by atoms with van der Waals surface area (Å²) in [7, 11) is -11.4. The third-order valence-corrected chi connectivity index (χ3v) is 3.91. The van der Waals surface area contributed by atoms with E-state index in [-0.39, 0.29) is 0 Å². The predicted octanol–water partition coefficient (Wildman–Crippen LogP) is 0.787. The molecule has 0 heterocycles. The van der Waals surface area contributed by atoms with Crippen LogP contribution in [0.15, 0.2) is 0 Å². The molecule has 0 aliphatic carbocycles. The molecule has 0 unspecified atom stereocenters. The van der Waals surface area contributed by atoms with Crippen LogP contribution in [-0.2, 0) is 23.9 Å². The van der Waals surface area contributed by atoms with Crippen LogP contribution in [-0.4, -0.2) is 40.7 Å². The maximum atomic E-state index is 11.6. The predicted molar refractivity (Wildman–Crippen MR) is 40.8 cm³/mol. The van der Waals surface area contributed by atoms with E-state index in [0.717, 1.165) is 0 Å². The Labute approximate surface area is 91.6 Å². The lowest BCUT2D eigenvalue weighted by Crippen LogP contribution is -2.31. The molecule has 0 bridgehead atoms. The first-order chi connectivity index (χ1) is 7.12. The fraction of sp³-hybridized carbons (Fsp3) is 1.00. The molecule has 0 aliphatic rings. The van der Waals surface area contributed by atoms with E-state index in [1.807, 2.05) is 0 Å². The van der Waals surface area contributed by atoms with E-state index in [9.17, 15) is 43.2 Å². The Hall–Kier alpha value is -0.560. The van der Waals surface area contributed by atoms with E-state index < -0.39 is 44.1 Å². The lowest BCUT2D eigenvalue weighted by molar-refractivity contribution is -0.107. The van der Waals surface area contributed by atoms with Crippen molar-refractivity contribution in [1.29, 1.82) is 0 Å². The number of hydrogen-bond donors (Lipinski definition) is 0. The summed E-state index contributed by atoms with van der Waals surface area (Å²) in [6, 6.07) is 0. The second-order valence-corrected chi connectivity index (χ2v) is 6.05. The highest BCUT2D eigenvalue weighted by atomic mass is 32.3. The van der Waals surface area contributed by atoms with Gasteiger partial charge in [0.15, 0.2) is 11.5 Å². The molecule has 0 saturated heterocycles. The molecule has 0 aromatic rings. The van der Waals surface area contributed by atoms with E-state index >= 15 is 0 Å². The summed E-state index contributed by atoms with van der Waals surface area (Å²) >= 11 is 0. The van der Waals surface area contributed by atoms with Crippen molar-refractivity contribution < 1.29 is 46.8 Å². The van der Waals surface area contributed by atoms with Gasteiger partial charge < -0.3 is 0 Å². The van der Waals surface area contributed by atoms with Crippen molar-refractivity contribution in [2.45, 2.75) is 12.4 Å². The second kappa shape index (κ2) is 4.61. The molecule has 0 atom stereocenters. The molecular formula is C4H4F6O5S2. The third kappa shape index (κ3) is 9.17. The van der Waals surface area contributed by atoms with Gasteiger partial charge >= 0.3 is 12.4 Å². The number of halogens is 6. The molecule has 104 valence electrons. The summed E-state index contributed by atoms with van der Waals surface area (Å²) in [4.78, 5) is 0. The summed E-state index contributed by atoms with van der Waals surface area (Å²) < 4.78 is 114. The lowest BCUT2D eigenvalue weighted by atomic mass is 10.8. The Morgan fingerprint density at radius 3 is 1.12 bits per heavy atom. The molecule has 0 spiro atoms. The van der Waals surface area contributed by atoms with Crippen molar-refractivity contribution in [1.82, 2.24) is 0 Å². The van der Waals surface area contributed by atoms with Gasteiger partial charge in [-0.2, -0.15) is 43.2 Å². The third-order valence-electron chi connectivity index (χ3n) is 0.888. The first kappa shape index (κ1) is 16.4. The molecule has 13 heteroatoms. The van der Waals surface area contributed by atoms with E-state index in [1.54, 1.807) is 0 Å². The summed E-state index contributed by atoms with van der Waals surface area (Å²) in [6.45, 7) is 0. The van der Waals surface area contributed by atoms with Crippen LogP contribution in [0.3, 0.4) is 0 Å². The van der Waals surface area contributed by atoms with Gasteiger partial charge in [0.05, 0.1) is 0 Å². The summed E-state index contributed by atoms with van der Waals surface area (Å²) in [6.07, 6.45) is -10.7. The minimum absolute atomic E-state index is 2.70. The van der Waals surface area contributed by atoms with Gasteiger partial charge in [-0.25, -0.2) is 0 Å². The van der Waals surface area contributed by atoms with Gasteiger partial charge in [0.25, 0.3) is 20.2 Å². The van der Waals surface area contributed by atoms with Crippen LogP contribution in [0.5, 0.6) is 0 Å². The summed E-state index contributed by atoms with van der Waals surface area (Å²) in [5, 5.41) is 0. The minimum Gasteiger partial charge on any atom is -0.198 e. The summed E-state index contributed by atoms with van der Waals surface area (Å²) in [5.74, 6) is -5.39. The van der Waals surface area contributed by atoms with Crippen molar-refractivity contribution >= 4 is 20.2 Å². The van der Waals surface area contributed by atoms with E-state index in [2.05, 4.69) is 3.63 Å². The average molecular weight is 310 g/mol. The van der Waals surface area contributed by atoms with Crippen LogP contribution in [0.1, 0.15) is 0 Å². The van der Waals surface area contributed by atoms with Gasteiger partial charge in [-0.1, -0.05) is 0 Å². The molecular weight excluding hydrogens is 306 g/mol. The first-order valence-corrected chi connectivity index (χ1v) is 6.57. The Morgan fingerprint density at radius 1 is 0.706 bits per heavy atom. The molecule has 0 fully saturated rings. The fourth-order valence-electron chi connectivity index (χ4n) is 0.607. The molecule has 5 nitrogen and oxygen atoms in total. The van der Waals surface area contributed by atoms with Gasteiger partial charge in [-0.05, 0) is 0 Å². The molecule has 17 heavy (non-hydrogen) atoms. The van der Waals surface area contributed by atoms with Gasteiger partial charge in [-0.3, -0.25) is 0 Å². The SMILES string of the molecule is O=S(=O)(CC(F)(F)F)OS(=O)(=O)CC(F)(F)F. The van der Waals surface area contributed by atoms with Crippen molar-refractivity contribution in [2.24, 2.45) is 0 Å². The summed E-state index contributed by atoms with van der Waals surface area (Å²) in [5.41, 5.74) is 0. The minimum atomic E-state index is -5.68. The van der Waals surface area contributed by atoms with Gasteiger partial charge in [0, 0.05) is 0 Å². The van der Waals surface area contributed by atoms with Crippen molar-refractivity contribution in [3.8, 4) is 0 Å². The van der Waals surface area contributed by atoms with Crippen LogP contribution in [0, 0.1) is 0 Å². The first-order valence-electron chi connectivity index (χ1n) is 3.42. The molecule has 0 rings (SSSR count). The fourth-order valence-corrected chi connectivity index (χ4v) is 3.06. The molecule has 0 N–H and O–H groups in total. The van der Waals surface area contributed by atoms with Gasteiger partial charge in [-0.15, -0.1) is 3.63 Å². The lowest BCUT2D eigenvalue weighted by Gasteiger charge is -2.09. The molecule has 0 aromatic heterocycles. The smallest absolute Gasteiger partial charge is 0.198 e. The van der Waals surface area contributed by atoms with Crippen LogP contribution in [0.25, 0.3) is 0 Å². The Morgan fingerprint density at radius 2 is 0.941 bits per heavy atom. The van der Waals surface area contributed by atoms with E-state index in [0.29, 0.717) is 0 Å². The highest BCUT2D eigenvalue weighted by Gasteiger charge is 2.42. The van der Waals surface area contributed by atoms with Gasteiger partial charge in [0.1, 0.15) is 0 Å². The van der Waals surface area contributed by atoms with Crippen LogP contribution >= 0.6 is 0 Å². The molecule has 0 amide bonds. The zero-order valence-corrected chi connectivity index (χ0v) is 9.17. The molecule has 0 saturated carbocycles. The van der Waals surface area contributed by atoms with Crippen LogP contribution < -0.4 is 0 Å². The van der Waals surface area contributed by atoms with Gasteiger partial charge in [0.2, 0.25) is 0 Å². The van der Waals surface area contributed by atoms with Crippen molar-refractivity contribution in [3.05, 3.63) is 0 Å². The normalized spacial score (nSPS) is 14.9. The zero-order chi connectivity index (χ0) is 14.1. The zero-order valence-electron chi connectivity index (χ0n) is 7.54. The average Bonchev–Trinajstić information content (AvgIpc) is 1.65. The molecule has 0 aromatic carbocycles. The molecule has 0 aliphatic heterocycles. The number of alkyl halides is 6. The number of rotatable bonds is 4. The van der Waals surface area contributed by atoms with Crippen LogP contribution in [0.2, 0.25) is 0 Å².